The number of hydrogen-bond acceptors (Lipinski definition) is 3. The quantitative estimate of drug-likeness (QED) is 0.935. The van der Waals surface area contributed by atoms with Crippen LogP contribution in [0.15, 0.2) is 48.5 Å². The molecule has 2 aromatic rings. The number of carbonyl (C=O) groups is 1. The van der Waals surface area contributed by atoms with Crippen LogP contribution in [0.1, 0.15) is 29.6 Å². The molecule has 3 rings (SSSR count). The minimum Gasteiger partial charge on any atom is -0.497 e. The highest BCUT2D eigenvalue weighted by Gasteiger charge is 2.36. The second-order valence-corrected chi connectivity index (χ2v) is 5.06. The number of carboxylic acids is 1. The molecule has 1 heterocycles. The summed E-state index contributed by atoms with van der Waals surface area (Å²) in [7, 11) is 1.61. The van der Waals surface area contributed by atoms with Gasteiger partial charge >= 0.3 is 5.97 Å². The van der Waals surface area contributed by atoms with Crippen molar-refractivity contribution in [3.05, 3.63) is 59.7 Å². The lowest BCUT2D eigenvalue weighted by molar-refractivity contribution is -0.137. The predicted octanol–water partition coefficient (Wildman–Crippen LogP) is 3.39. The first-order valence-electron chi connectivity index (χ1n) is 6.80. The van der Waals surface area contributed by atoms with Crippen LogP contribution >= 0.6 is 0 Å². The molecule has 0 bridgehead atoms. The van der Waals surface area contributed by atoms with Gasteiger partial charge in [0.15, 0.2) is 0 Å². The molecular formula is C17H16O4. The summed E-state index contributed by atoms with van der Waals surface area (Å²) in [6.07, 6.45) is -0.257. The summed E-state index contributed by atoms with van der Waals surface area (Å²) in [4.78, 5) is 11.2. The van der Waals surface area contributed by atoms with Gasteiger partial charge in [-0.05, 0) is 23.8 Å². The number of aliphatic carboxylic acids is 1. The van der Waals surface area contributed by atoms with Gasteiger partial charge in [0.1, 0.15) is 17.6 Å². The molecule has 0 radical (unpaired) electrons. The third kappa shape index (κ3) is 2.57. The van der Waals surface area contributed by atoms with Gasteiger partial charge in [0.25, 0.3) is 0 Å². The van der Waals surface area contributed by atoms with Gasteiger partial charge < -0.3 is 14.6 Å². The molecule has 21 heavy (non-hydrogen) atoms. The Balaban J connectivity index is 1.99. The van der Waals surface area contributed by atoms with Gasteiger partial charge in [-0.3, -0.25) is 4.79 Å². The van der Waals surface area contributed by atoms with E-state index in [2.05, 4.69) is 0 Å². The zero-order valence-electron chi connectivity index (χ0n) is 11.7. The number of benzene rings is 2. The molecule has 2 aromatic carbocycles. The second-order valence-electron chi connectivity index (χ2n) is 5.06. The monoisotopic (exact) mass is 284 g/mol. The molecule has 0 saturated carbocycles. The number of para-hydroxylation sites is 1. The van der Waals surface area contributed by atoms with Crippen molar-refractivity contribution >= 4 is 5.97 Å². The number of hydrogen-bond donors (Lipinski definition) is 1. The summed E-state index contributed by atoms with van der Waals surface area (Å²) in [6.45, 7) is 0. The summed E-state index contributed by atoms with van der Waals surface area (Å²) in [5.41, 5.74) is 1.88. The maximum absolute atomic E-state index is 11.2. The minimum atomic E-state index is -0.826. The van der Waals surface area contributed by atoms with Crippen molar-refractivity contribution in [3.8, 4) is 11.5 Å². The van der Waals surface area contributed by atoms with Gasteiger partial charge in [0.05, 0.1) is 13.5 Å². The predicted molar refractivity (Wildman–Crippen MR) is 77.8 cm³/mol. The van der Waals surface area contributed by atoms with Crippen molar-refractivity contribution < 1.29 is 19.4 Å². The van der Waals surface area contributed by atoms with Crippen LogP contribution in [-0.2, 0) is 4.79 Å². The van der Waals surface area contributed by atoms with E-state index >= 15 is 0 Å². The molecule has 0 aromatic heterocycles. The molecule has 0 spiro atoms. The van der Waals surface area contributed by atoms with E-state index in [1.54, 1.807) is 7.11 Å². The number of fused-ring (bicyclic) bond motifs is 1. The third-order valence-corrected chi connectivity index (χ3v) is 3.75. The molecule has 2 atom stereocenters. The number of ether oxygens (including phenoxy) is 2. The van der Waals surface area contributed by atoms with Crippen molar-refractivity contribution in [1.29, 1.82) is 0 Å². The molecule has 0 saturated heterocycles. The average Bonchev–Trinajstić information content (AvgIpc) is 2.86. The maximum Gasteiger partial charge on any atom is 0.304 e. The third-order valence-electron chi connectivity index (χ3n) is 3.75. The molecule has 108 valence electrons. The van der Waals surface area contributed by atoms with E-state index in [4.69, 9.17) is 9.47 Å². The van der Waals surface area contributed by atoms with Gasteiger partial charge in [0.2, 0.25) is 0 Å². The Hall–Kier alpha value is -2.49. The van der Waals surface area contributed by atoms with E-state index in [-0.39, 0.29) is 18.4 Å². The number of methoxy groups -OCH3 is 1. The molecule has 0 fully saturated rings. The van der Waals surface area contributed by atoms with Crippen LogP contribution in [0.4, 0.5) is 0 Å². The van der Waals surface area contributed by atoms with Gasteiger partial charge in [-0.1, -0.05) is 30.3 Å². The summed E-state index contributed by atoms with van der Waals surface area (Å²) >= 11 is 0. The number of carboxylic acid groups (broad SMARTS) is 1. The molecule has 0 aliphatic carbocycles. The lowest BCUT2D eigenvalue weighted by Gasteiger charge is -2.18. The van der Waals surface area contributed by atoms with E-state index in [9.17, 15) is 9.90 Å². The molecule has 0 amide bonds. The number of rotatable bonds is 4. The summed E-state index contributed by atoms with van der Waals surface area (Å²) in [5, 5.41) is 9.18. The maximum atomic E-state index is 11.2. The average molecular weight is 284 g/mol. The summed E-state index contributed by atoms with van der Waals surface area (Å²) in [6, 6.07) is 15.2. The van der Waals surface area contributed by atoms with E-state index in [1.807, 2.05) is 48.5 Å². The zero-order chi connectivity index (χ0) is 14.8. The Morgan fingerprint density at radius 3 is 2.81 bits per heavy atom. The van der Waals surface area contributed by atoms with E-state index < -0.39 is 5.97 Å². The molecule has 1 aliphatic rings. The minimum absolute atomic E-state index is 0.0406. The summed E-state index contributed by atoms with van der Waals surface area (Å²) < 4.78 is 11.2. The molecule has 1 N–H and O–H groups in total. The molecule has 4 heteroatoms. The second kappa shape index (κ2) is 5.48. The first kappa shape index (κ1) is 13.5. The van der Waals surface area contributed by atoms with E-state index in [0.717, 1.165) is 22.6 Å². The van der Waals surface area contributed by atoms with Crippen molar-refractivity contribution in [2.24, 2.45) is 0 Å². The van der Waals surface area contributed by atoms with Crippen LogP contribution < -0.4 is 9.47 Å². The largest absolute Gasteiger partial charge is 0.497 e. The SMILES string of the molecule is COc1cccc([C@@H]2Oc3ccccc3[C@H]2CC(=O)O)c1. The Bertz CT molecular complexity index is 665. The molecule has 0 unspecified atom stereocenters. The van der Waals surface area contributed by atoms with Gasteiger partial charge in [0, 0.05) is 11.5 Å². The van der Waals surface area contributed by atoms with Crippen LogP contribution in [0.3, 0.4) is 0 Å². The topological polar surface area (TPSA) is 55.8 Å². The first-order chi connectivity index (χ1) is 10.2. The van der Waals surface area contributed by atoms with E-state index in [0.29, 0.717) is 0 Å². The van der Waals surface area contributed by atoms with E-state index in [1.165, 1.54) is 0 Å². The highest BCUT2D eigenvalue weighted by atomic mass is 16.5. The fourth-order valence-corrected chi connectivity index (χ4v) is 2.80. The lowest BCUT2D eigenvalue weighted by Crippen LogP contribution is -2.13. The molecular weight excluding hydrogens is 268 g/mol. The first-order valence-corrected chi connectivity index (χ1v) is 6.80. The van der Waals surface area contributed by atoms with Crippen molar-refractivity contribution in [2.45, 2.75) is 18.4 Å². The standard InChI is InChI=1S/C17H16O4/c1-20-12-6-4-5-11(9-12)17-14(10-16(18)19)13-7-2-3-8-15(13)21-17/h2-9,14,17H,10H2,1H3,(H,18,19)/t14-,17+/m1/s1. The highest BCUT2D eigenvalue weighted by Crippen LogP contribution is 2.47. The lowest BCUT2D eigenvalue weighted by atomic mass is 9.88. The Morgan fingerprint density at radius 1 is 1.24 bits per heavy atom. The smallest absolute Gasteiger partial charge is 0.304 e. The fourth-order valence-electron chi connectivity index (χ4n) is 2.80. The molecule has 4 nitrogen and oxygen atoms in total. The Kier molecular flexibility index (Phi) is 3.52. The van der Waals surface area contributed by atoms with Crippen molar-refractivity contribution in [2.75, 3.05) is 7.11 Å². The van der Waals surface area contributed by atoms with Gasteiger partial charge in [-0.2, -0.15) is 0 Å². The van der Waals surface area contributed by atoms with Crippen molar-refractivity contribution in [3.63, 3.8) is 0 Å². The van der Waals surface area contributed by atoms with Crippen LogP contribution in [0.2, 0.25) is 0 Å². The van der Waals surface area contributed by atoms with Gasteiger partial charge in [-0.15, -0.1) is 0 Å². The van der Waals surface area contributed by atoms with Crippen LogP contribution in [0.5, 0.6) is 11.5 Å². The Morgan fingerprint density at radius 2 is 2.05 bits per heavy atom. The molecule has 1 aliphatic heterocycles. The Labute approximate surface area is 122 Å². The highest BCUT2D eigenvalue weighted by molar-refractivity contribution is 5.69. The normalized spacial score (nSPS) is 19.7. The zero-order valence-corrected chi connectivity index (χ0v) is 11.7. The fraction of sp³-hybridized carbons (Fsp3) is 0.235. The van der Waals surface area contributed by atoms with Crippen LogP contribution in [-0.4, -0.2) is 18.2 Å². The summed E-state index contributed by atoms with van der Waals surface area (Å²) in [5.74, 6) is 0.483. The van der Waals surface area contributed by atoms with Crippen LogP contribution in [0.25, 0.3) is 0 Å². The van der Waals surface area contributed by atoms with Crippen LogP contribution in [0, 0.1) is 0 Å². The van der Waals surface area contributed by atoms with Gasteiger partial charge in [-0.25, -0.2) is 0 Å². The van der Waals surface area contributed by atoms with Crippen molar-refractivity contribution in [1.82, 2.24) is 0 Å².